The Morgan fingerprint density at radius 2 is 2.17 bits per heavy atom. The lowest BCUT2D eigenvalue weighted by molar-refractivity contribution is 0.328. The summed E-state index contributed by atoms with van der Waals surface area (Å²) in [6.07, 6.45) is 15.6. The summed E-state index contributed by atoms with van der Waals surface area (Å²) < 4.78 is 0.208. The van der Waals surface area contributed by atoms with Gasteiger partial charge in [0.25, 0.3) is 0 Å². The topological polar surface area (TPSA) is 3.24 Å². The molecule has 1 aliphatic heterocycles. The van der Waals surface area contributed by atoms with Crippen molar-refractivity contribution < 1.29 is 0 Å². The van der Waals surface area contributed by atoms with Crippen molar-refractivity contribution in [1.29, 1.82) is 0 Å². The third-order valence-corrected chi connectivity index (χ3v) is 3.72. The molecule has 2 rings (SSSR count). The predicted octanol–water partition coefficient (Wildman–Crippen LogP) is 2.85. The van der Waals surface area contributed by atoms with Gasteiger partial charge in [0, 0.05) is 13.0 Å². The van der Waals surface area contributed by atoms with Gasteiger partial charge in [-0.05, 0) is 41.3 Å². The van der Waals surface area contributed by atoms with Crippen molar-refractivity contribution in [3.8, 4) is 0 Å². The van der Waals surface area contributed by atoms with Crippen LogP contribution in [0, 0.1) is 0 Å². The number of alkyl halides is 1. The second-order valence-corrected chi connectivity index (χ2v) is 5.04. The maximum absolute atomic E-state index is 2.53. The van der Waals surface area contributed by atoms with Crippen LogP contribution in [0.3, 0.4) is 0 Å². The molecule has 0 spiro atoms. The van der Waals surface area contributed by atoms with Gasteiger partial charge < -0.3 is 4.90 Å². The number of hydrogen-bond acceptors (Lipinski definition) is 1. The number of allylic oxidation sites excluding steroid dienone is 2. The van der Waals surface area contributed by atoms with Gasteiger partial charge in [-0.1, -0.05) is 24.3 Å². The normalized spacial score (nSPS) is 33.2. The lowest BCUT2D eigenvalue weighted by Gasteiger charge is -2.35. The fraction of sp³-hybridized carbons (Fsp3) is 0.400. The summed E-state index contributed by atoms with van der Waals surface area (Å²) in [6, 6.07) is 0. The molecule has 0 amide bonds. The predicted molar refractivity (Wildman–Crippen MR) is 60.1 cm³/mol. The summed E-state index contributed by atoms with van der Waals surface area (Å²) in [6.45, 7) is 1.17. The Morgan fingerprint density at radius 1 is 1.25 bits per heavy atom. The molecule has 1 aliphatic carbocycles. The smallest absolute Gasteiger partial charge is 0.113 e. The molecule has 1 atom stereocenters. The minimum absolute atomic E-state index is 0.208. The largest absolute Gasteiger partial charge is 0.360 e. The van der Waals surface area contributed by atoms with Crippen LogP contribution in [0.5, 0.6) is 0 Å². The number of hydrogen-bond donors (Lipinski definition) is 0. The van der Waals surface area contributed by atoms with Crippen LogP contribution in [0.15, 0.2) is 36.6 Å². The van der Waals surface area contributed by atoms with Crippen LogP contribution in [-0.2, 0) is 0 Å². The average Bonchev–Trinajstić information content (AvgIpc) is 2.58. The highest BCUT2D eigenvalue weighted by Gasteiger charge is 2.29. The molecule has 12 heavy (non-hydrogen) atoms. The number of halogens is 1. The molecule has 0 fully saturated rings. The zero-order valence-corrected chi connectivity index (χ0v) is 9.07. The second-order valence-electron chi connectivity index (χ2n) is 3.18. The first-order valence-corrected chi connectivity index (χ1v) is 5.36. The summed E-state index contributed by atoms with van der Waals surface area (Å²) in [5.41, 5.74) is 0. The molecular formula is C10H12IN. The fourth-order valence-corrected chi connectivity index (χ4v) is 2.46. The van der Waals surface area contributed by atoms with Crippen LogP contribution in [0.2, 0.25) is 0 Å². The van der Waals surface area contributed by atoms with E-state index in [1.165, 1.54) is 13.0 Å². The van der Waals surface area contributed by atoms with E-state index in [0.717, 1.165) is 6.42 Å². The van der Waals surface area contributed by atoms with E-state index in [0.29, 0.717) is 0 Å². The third-order valence-electron chi connectivity index (χ3n) is 2.30. The summed E-state index contributed by atoms with van der Waals surface area (Å²) in [4.78, 5) is 2.41. The summed E-state index contributed by atoms with van der Waals surface area (Å²) in [5, 5.41) is 0. The van der Waals surface area contributed by atoms with E-state index in [1.54, 1.807) is 0 Å². The first-order chi connectivity index (χ1) is 5.81. The van der Waals surface area contributed by atoms with Gasteiger partial charge in [-0.25, -0.2) is 0 Å². The summed E-state index contributed by atoms with van der Waals surface area (Å²) >= 11 is 2.53. The van der Waals surface area contributed by atoms with Crippen molar-refractivity contribution in [1.82, 2.24) is 4.90 Å². The van der Waals surface area contributed by atoms with E-state index in [4.69, 9.17) is 0 Å². The Balaban J connectivity index is 2.15. The van der Waals surface area contributed by atoms with E-state index in [1.807, 2.05) is 0 Å². The van der Waals surface area contributed by atoms with Gasteiger partial charge in [0.15, 0.2) is 0 Å². The lowest BCUT2D eigenvalue weighted by Crippen LogP contribution is -2.37. The molecule has 64 valence electrons. The van der Waals surface area contributed by atoms with Crippen LogP contribution in [0.25, 0.3) is 0 Å². The maximum Gasteiger partial charge on any atom is 0.113 e. The Morgan fingerprint density at radius 3 is 2.75 bits per heavy atom. The van der Waals surface area contributed by atoms with Crippen LogP contribution >= 0.6 is 22.6 Å². The van der Waals surface area contributed by atoms with Crippen molar-refractivity contribution in [3.63, 3.8) is 0 Å². The van der Waals surface area contributed by atoms with Gasteiger partial charge in [0.05, 0.1) is 0 Å². The van der Waals surface area contributed by atoms with Gasteiger partial charge in [-0.15, -0.1) is 0 Å². The molecule has 0 saturated heterocycles. The van der Waals surface area contributed by atoms with Gasteiger partial charge >= 0.3 is 0 Å². The molecule has 0 aromatic heterocycles. The third kappa shape index (κ3) is 1.44. The molecule has 0 aromatic carbocycles. The summed E-state index contributed by atoms with van der Waals surface area (Å²) in [7, 11) is 0. The second kappa shape index (κ2) is 3.24. The molecule has 0 radical (unpaired) electrons. The van der Waals surface area contributed by atoms with Crippen LogP contribution < -0.4 is 0 Å². The first-order valence-electron chi connectivity index (χ1n) is 4.28. The quantitative estimate of drug-likeness (QED) is 0.403. The highest BCUT2D eigenvalue weighted by molar-refractivity contribution is 14.1. The van der Waals surface area contributed by atoms with Crippen molar-refractivity contribution in [2.45, 2.75) is 16.4 Å². The first kappa shape index (κ1) is 8.35. The van der Waals surface area contributed by atoms with Crippen molar-refractivity contribution >= 4 is 22.6 Å². The van der Waals surface area contributed by atoms with Crippen LogP contribution in [-0.4, -0.2) is 15.0 Å². The number of rotatable bonds is 1. The molecule has 1 heterocycles. The monoisotopic (exact) mass is 273 g/mol. The molecule has 0 aromatic rings. The highest BCUT2D eigenvalue weighted by atomic mass is 127. The highest BCUT2D eigenvalue weighted by Crippen LogP contribution is 2.34. The Kier molecular flexibility index (Phi) is 2.26. The van der Waals surface area contributed by atoms with Crippen molar-refractivity contribution in [2.75, 3.05) is 6.54 Å². The van der Waals surface area contributed by atoms with Gasteiger partial charge in [0.2, 0.25) is 0 Å². The van der Waals surface area contributed by atoms with Gasteiger partial charge in [-0.3, -0.25) is 0 Å². The van der Waals surface area contributed by atoms with E-state index in [2.05, 4.69) is 64.1 Å². The fourth-order valence-electron chi connectivity index (χ4n) is 1.60. The van der Waals surface area contributed by atoms with Crippen LogP contribution in [0.4, 0.5) is 0 Å². The molecular weight excluding hydrogens is 261 g/mol. The maximum atomic E-state index is 2.53. The van der Waals surface area contributed by atoms with Gasteiger partial charge in [-0.2, -0.15) is 0 Å². The summed E-state index contributed by atoms with van der Waals surface area (Å²) in [5.74, 6) is 0. The van der Waals surface area contributed by atoms with Crippen molar-refractivity contribution in [3.05, 3.63) is 36.6 Å². The molecule has 0 bridgehead atoms. The van der Waals surface area contributed by atoms with Crippen LogP contribution in [0.1, 0.15) is 12.8 Å². The average molecular weight is 273 g/mol. The number of nitrogens with zero attached hydrogens (tertiary/aromatic N) is 1. The molecule has 0 saturated carbocycles. The minimum Gasteiger partial charge on any atom is -0.360 e. The molecule has 1 nitrogen and oxygen atoms in total. The van der Waals surface area contributed by atoms with E-state index in [9.17, 15) is 0 Å². The molecule has 1 unspecified atom stereocenters. The van der Waals surface area contributed by atoms with Crippen molar-refractivity contribution in [2.24, 2.45) is 0 Å². The zero-order valence-electron chi connectivity index (χ0n) is 6.91. The Hall–Kier alpha value is -0.250. The van der Waals surface area contributed by atoms with E-state index < -0.39 is 0 Å². The standard InChI is InChI=1S/C10H12IN/c11-10(6-2-1-3-7-10)12-8-4-5-9-12/h1-4,6,8H,5,7,9H2. The molecule has 2 heteroatoms. The SMILES string of the molecule is IC1(N2C=CCC2)C=CC=CC1. The van der Waals surface area contributed by atoms with E-state index >= 15 is 0 Å². The Labute approximate surface area is 87.0 Å². The Bertz CT molecular complexity index is 255. The minimum atomic E-state index is 0.208. The lowest BCUT2D eigenvalue weighted by atomic mass is 10.1. The van der Waals surface area contributed by atoms with E-state index in [-0.39, 0.29) is 3.55 Å². The zero-order chi connectivity index (χ0) is 8.44. The van der Waals surface area contributed by atoms with Gasteiger partial charge in [0.1, 0.15) is 3.55 Å². The molecule has 2 aliphatic rings. The molecule has 0 N–H and O–H groups in total.